The van der Waals surface area contributed by atoms with Crippen molar-refractivity contribution in [1.29, 1.82) is 0 Å². The van der Waals surface area contributed by atoms with Crippen molar-refractivity contribution in [3.05, 3.63) is 29.3 Å². The normalized spacial score (nSPS) is 21.3. The molecule has 1 unspecified atom stereocenters. The van der Waals surface area contributed by atoms with E-state index >= 15 is 0 Å². The summed E-state index contributed by atoms with van der Waals surface area (Å²) in [6, 6.07) is 6.68. The molecule has 1 aromatic carbocycles. The number of hydrogen-bond donors (Lipinski definition) is 1. The maximum atomic E-state index is 12.3. The highest BCUT2D eigenvalue weighted by Gasteiger charge is 2.48. The molecule has 0 aromatic heterocycles. The summed E-state index contributed by atoms with van der Waals surface area (Å²) in [5, 5.41) is 10.0. The molecule has 1 amide bonds. The Balaban J connectivity index is 2.02. The highest BCUT2D eigenvalue weighted by Crippen LogP contribution is 2.33. The number of aliphatic carboxylic acids is 1. The molecule has 0 saturated carbocycles. The lowest BCUT2D eigenvalue weighted by molar-refractivity contribution is -0.157. The standard InChI is InChI=1S/C15H18ClNO4/c1-2-15(14(19)20)8-3-9-17(15)13(18)10-21-12-6-4-11(16)5-7-12/h4-7H,2-3,8-10H2,1H3,(H,19,20). The highest BCUT2D eigenvalue weighted by molar-refractivity contribution is 6.30. The molecule has 5 nitrogen and oxygen atoms in total. The van der Waals surface area contributed by atoms with Gasteiger partial charge >= 0.3 is 5.97 Å². The first-order chi connectivity index (χ1) is 9.99. The predicted octanol–water partition coefficient (Wildman–Crippen LogP) is 2.57. The molecule has 1 aliphatic rings. The average molecular weight is 312 g/mol. The molecule has 0 bridgehead atoms. The molecule has 1 saturated heterocycles. The lowest BCUT2D eigenvalue weighted by Gasteiger charge is -2.33. The van der Waals surface area contributed by atoms with Crippen LogP contribution in [-0.4, -0.2) is 40.6 Å². The zero-order chi connectivity index (χ0) is 15.5. The molecule has 1 N–H and O–H groups in total. The van der Waals surface area contributed by atoms with Crippen LogP contribution in [0.3, 0.4) is 0 Å². The van der Waals surface area contributed by atoms with Gasteiger partial charge in [0.25, 0.3) is 5.91 Å². The second kappa shape index (κ2) is 6.35. The molecule has 1 aromatic rings. The minimum atomic E-state index is -1.08. The Labute approximate surface area is 128 Å². The first-order valence-corrected chi connectivity index (χ1v) is 7.29. The van der Waals surface area contributed by atoms with Crippen molar-refractivity contribution in [3.8, 4) is 5.75 Å². The van der Waals surface area contributed by atoms with Crippen LogP contribution < -0.4 is 4.74 Å². The third-order valence-corrected chi connectivity index (χ3v) is 4.20. The van der Waals surface area contributed by atoms with Gasteiger partial charge in [-0.25, -0.2) is 4.79 Å². The van der Waals surface area contributed by atoms with Crippen LogP contribution in [0.2, 0.25) is 5.02 Å². The smallest absolute Gasteiger partial charge is 0.329 e. The number of likely N-dealkylation sites (tertiary alicyclic amines) is 1. The van der Waals surface area contributed by atoms with Crippen LogP contribution in [0.5, 0.6) is 5.75 Å². The van der Waals surface area contributed by atoms with Crippen LogP contribution in [0, 0.1) is 0 Å². The number of carboxylic acid groups (broad SMARTS) is 1. The topological polar surface area (TPSA) is 66.8 Å². The number of carbonyl (C=O) groups excluding carboxylic acids is 1. The summed E-state index contributed by atoms with van der Waals surface area (Å²) in [5.41, 5.74) is -1.08. The Kier molecular flexibility index (Phi) is 4.73. The molecule has 21 heavy (non-hydrogen) atoms. The van der Waals surface area contributed by atoms with Gasteiger partial charge in [-0.15, -0.1) is 0 Å². The van der Waals surface area contributed by atoms with E-state index in [-0.39, 0.29) is 12.5 Å². The molecule has 2 rings (SSSR count). The molecular formula is C15H18ClNO4. The van der Waals surface area contributed by atoms with Crippen molar-refractivity contribution in [2.45, 2.75) is 31.7 Å². The fourth-order valence-corrected chi connectivity index (χ4v) is 2.86. The summed E-state index contributed by atoms with van der Waals surface area (Å²) in [6.45, 7) is 2.08. The fraction of sp³-hybridized carbons (Fsp3) is 0.467. The van der Waals surface area contributed by atoms with Crippen LogP contribution in [0.25, 0.3) is 0 Å². The van der Waals surface area contributed by atoms with Crippen molar-refractivity contribution < 1.29 is 19.4 Å². The van der Waals surface area contributed by atoms with Gasteiger partial charge in [-0.05, 0) is 43.5 Å². The second-order valence-corrected chi connectivity index (χ2v) is 5.52. The van der Waals surface area contributed by atoms with Crippen LogP contribution >= 0.6 is 11.6 Å². The van der Waals surface area contributed by atoms with Gasteiger partial charge in [0.2, 0.25) is 0 Å². The van der Waals surface area contributed by atoms with E-state index in [2.05, 4.69) is 0 Å². The summed E-state index contributed by atoms with van der Waals surface area (Å²) < 4.78 is 5.41. The Hall–Kier alpha value is -1.75. The molecule has 1 heterocycles. The number of carbonyl (C=O) groups is 2. The van der Waals surface area contributed by atoms with E-state index in [1.54, 1.807) is 31.2 Å². The molecule has 0 spiro atoms. The average Bonchev–Trinajstić information content (AvgIpc) is 2.91. The number of halogens is 1. The van der Waals surface area contributed by atoms with Crippen LogP contribution in [-0.2, 0) is 9.59 Å². The third-order valence-electron chi connectivity index (χ3n) is 3.95. The van der Waals surface area contributed by atoms with E-state index < -0.39 is 11.5 Å². The van der Waals surface area contributed by atoms with E-state index in [1.165, 1.54) is 4.90 Å². The largest absolute Gasteiger partial charge is 0.484 e. The SMILES string of the molecule is CCC1(C(=O)O)CCCN1C(=O)COc1ccc(Cl)cc1. The van der Waals surface area contributed by atoms with Crippen molar-refractivity contribution in [2.75, 3.05) is 13.2 Å². The molecule has 1 fully saturated rings. The summed E-state index contributed by atoms with van der Waals surface area (Å²) >= 11 is 5.77. The van der Waals surface area contributed by atoms with Gasteiger partial charge in [0.05, 0.1) is 0 Å². The number of rotatable bonds is 5. The monoisotopic (exact) mass is 311 g/mol. The van der Waals surface area contributed by atoms with Gasteiger partial charge < -0.3 is 14.7 Å². The fourth-order valence-electron chi connectivity index (χ4n) is 2.74. The third kappa shape index (κ3) is 3.13. The minimum absolute atomic E-state index is 0.170. The zero-order valence-electron chi connectivity index (χ0n) is 11.8. The number of ether oxygens (including phenoxy) is 1. The summed E-state index contributed by atoms with van der Waals surface area (Å²) in [6.07, 6.45) is 1.59. The molecule has 0 aliphatic carbocycles. The Morgan fingerprint density at radius 1 is 1.38 bits per heavy atom. The van der Waals surface area contributed by atoms with Gasteiger partial charge in [-0.3, -0.25) is 4.79 Å². The summed E-state index contributed by atoms with van der Waals surface area (Å²) in [5.74, 6) is -0.710. The number of hydrogen-bond acceptors (Lipinski definition) is 3. The van der Waals surface area contributed by atoms with Gasteiger partial charge in [0.1, 0.15) is 11.3 Å². The highest BCUT2D eigenvalue weighted by atomic mass is 35.5. The molecule has 1 atom stereocenters. The van der Waals surface area contributed by atoms with E-state index in [4.69, 9.17) is 16.3 Å². The number of nitrogens with zero attached hydrogens (tertiary/aromatic N) is 1. The molecular weight excluding hydrogens is 294 g/mol. The number of amides is 1. The van der Waals surface area contributed by atoms with E-state index in [0.717, 1.165) is 0 Å². The molecule has 6 heteroatoms. The van der Waals surface area contributed by atoms with Crippen molar-refractivity contribution in [1.82, 2.24) is 4.90 Å². The van der Waals surface area contributed by atoms with E-state index in [9.17, 15) is 14.7 Å². The van der Waals surface area contributed by atoms with Crippen LogP contribution in [0.1, 0.15) is 26.2 Å². The Morgan fingerprint density at radius 3 is 2.62 bits per heavy atom. The van der Waals surface area contributed by atoms with Gasteiger partial charge in [0, 0.05) is 11.6 Å². The first-order valence-electron chi connectivity index (χ1n) is 6.92. The lowest BCUT2D eigenvalue weighted by Crippen LogP contribution is -2.53. The van der Waals surface area contributed by atoms with E-state index in [0.29, 0.717) is 36.6 Å². The van der Waals surface area contributed by atoms with Crippen LogP contribution in [0.15, 0.2) is 24.3 Å². The molecule has 0 radical (unpaired) electrons. The second-order valence-electron chi connectivity index (χ2n) is 5.08. The number of benzene rings is 1. The zero-order valence-corrected chi connectivity index (χ0v) is 12.6. The van der Waals surface area contributed by atoms with Gasteiger partial charge in [-0.2, -0.15) is 0 Å². The minimum Gasteiger partial charge on any atom is -0.484 e. The van der Waals surface area contributed by atoms with E-state index in [1.807, 2.05) is 0 Å². The quantitative estimate of drug-likeness (QED) is 0.907. The number of carboxylic acids is 1. The lowest BCUT2D eigenvalue weighted by atomic mass is 9.93. The van der Waals surface area contributed by atoms with Crippen molar-refractivity contribution >= 4 is 23.5 Å². The first kappa shape index (κ1) is 15.6. The Bertz CT molecular complexity index is 531. The molecule has 1 aliphatic heterocycles. The van der Waals surface area contributed by atoms with Gasteiger partial charge in [0.15, 0.2) is 6.61 Å². The van der Waals surface area contributed by atoms with Crippen molar-refractivity contribution in [2.24, 2.45) is 0 Å². The van der Waals surface area contributed by atoms with Crippen LogP contribution in [0.4, 0.5) is 0 Å². The summed E-state index contributed by atoms with van der Waals surface area (Å²) in [4.78, 5) is 25.2. The van der Waals surface area contributed by atoms with Crippen molar-refractivity contribution in [3.63, 3.8) is 0 Å². The van der Waals surface area contributed by atoms with Gasteiger partial charge in [-0.1, -0.05) is 18.5 Å². The maximum Gasteiger partial charge on any atom is 0.329 e. The maximum absolute atomic E-state index is 12.3. The Morgan fingerprint density at radius 2 is 2.05 bits per heavy atom. The predicted molar refractivity (Wildman–Crippen MR) is 78.6 cm³/mol. The summed E-state index contributed by atoms with van der Waals surface area (Å²) in [7, 11) is 0. The molecule has 114 valence electrons.